The van der Waals surface area contributed by atoms with Crippen molar-refractivity contribution in [1.82, 2.24) is 0 Å². The highest BCUT2D eigenvalue weighted by Gasteiger charge is 2.41. The van der Waals surface area contributed by atoms with Gasteiger partial charge in [-0.25, -0.2) is 9.59 Å². The van der Waals surface area contributed by atoms with E-state index in [4.69, 9.17) is 9.47 Å². The van der Waals surface area contributed by atoms with Crippen LogP contribution in [0.4, 0.5) is 17.1 Å². The van der Waals surface area contributed by atoms with Gasteiger partial charge in [-0.15, -0.1) is 0 Å². The first-order valence-corrected chi connectivity index (χ1v) is 11.7. The SMILES string of the molecule is CCOC(=O)C1=C(C)N(c2ccc(N(C)C)cc2)C(C)=C(C(=O)OCC)C1c1cccc(N([O-])O)c1. The third kappa shape index (κ3) is 5.22. The molecule has 9 nitrogen and oxygen atoms in total. The molecule has 3 rings (SSSR count). The Bertz CT molecular complexity index is 1140. The van der Waals surface area contributed by atoms with E-state index in [0.29, 0.717) is 17.0 Å². The molecule has 0 radical (unpaired) electrons. The Morgan fingerprint density at radius 1 is 0.917 bits per heavy atom. The van der Waals surface area contributed by atoms with Crippen LogP contribution in [0.2, 0.25) is 0 Å². The average Bonchev–Trinajstić information content (AvgIpc) is 2.84. The summed E-state index contributed by atoms with van der Waals surface area (Å²) in [6.07, 6.45) is 0. The highest BCUT2D eigenvalue weighted by atomic mass is 16.8. The number of ether oxygens (including phenoxy) is 2. The topological polar surface area (TPSA) is 106 Å². The van der Waals surface area contributed by atoms with Crippen molar-refractivity contribution in [2.75, 3.05) is 42.3 Å². The monoisotopic (exact) mass is 494 g/mol. The number of carbonyl (C=O) groups is 2. The molecular weight excluding hydrogens is 462 g/mol. The molecule has 36 heavy (non-hydrogen) atoms. The predicted molar refractivity (Wildman–Crippen MR) is 139 cm³/mol. The van der Waals surface area contributed by atoms with Crippen molar-refractivity contribution >= 4 is 29.0 Å². The Morgan fingerprint density at radius 3 is 1.89 bits per heavy atom. The number of hydrogen-bond donors (Lipinski definition) is 1. The summed E-state index contributed by atoms with van der Waals surface area (Å²) in [6, 6.07) is 13.9. The van der Waals surface area contributed by atoms with Gasteiger partial charge in [0.2, 0.25) is 0 Å². The van der Waals surface area contributed by atoms with E-state index in [1.54, 1.807) is 39.8 Å². The molecule has 192 valence electrons. The lowest BCUT2D eigenvalue weighted by atomic mass is 9.79. The van der Waals surface area contributed by atoms with Gasteiger partial charge >= 0.3 is 11.9 Å². The Hall–Kier alpha value is -3.82. The number of rotatable bonds is 8. The van der Waals surface area contributed by atoms with Crippen molar-refractivity contribution in [2.24, 2.45) is 0 Å². The summed E-state index contributed by atoms with van der Waals surface area (Å²) < 4.78 is 10.8. The second kappa shape index (κ2) is 11.3. The zero-order chi connectivity index (χ0) is 26.6. The van der Waals surface area contributed by atoms with E-state index in [-0.39, 0.29) is 35.3 Å². The first-order chi connectivity index (χ1) is 17.1. The van der Waals surface area contributed by atoms with E-state index in [9.17, 15) is 20.0 Å². The summed E-state index contributed by atoms with van der Waals surface area (Å²) in [5.41, 5.74) is 3.84. The van der Waals surface area contributed by atoms with Gasteiger partial charge < -0.3 is 29.7 Å². The van der Waals surface area contributed by atoms with E-state index < -0.39 is 17.9 Å². The molecule has 1 aliphatic rings. The van der Waals surface area contributed by atoms with Crippen molar-refractivity contribution in [3.63, 3.8) is 0 Å². The van der Waals surface area contributed by atoms with Crippen molar-refractivity contribution in [3.8, 4) is 0 Å². The Balaban J connectivity index is 2.31. The minimum atomic E-state index is -0.875. The number of nitrogens with zero attached hydrogens (tertiary/aromatic N) is 3. The van der Waals surface area contributed by atoms with Crippen LogP contribution in [0.15, 0.2) is 71.1 Å². The van der Waals surface area contributed by atoms with Gasteiger partial charge in [-0.3, -0.25) is 5.21 Å². The molecule has 0 atom stereocenters. The fourth-order valence-electron chi connectivity index (χ4n) is 4.45. The summed E-state index contributed by atoms with van der Waals surface area (Å²) in [7, 11) is 3.89. The van der Waals surface area contributed by atoms with Crippen LogP contribution in [0.25, 0.3) is 0 Å². The highest BCUT2D eigenvalue weighted by Crippen LogP contribution is 2.45. The molecule has 2 aromatic carbocycles. The predicted octanol–water partition coefficient (Wildman–Crippen LogP) is 4.72. The summed E-state index contributed by atoms with van der Waals surface area (Å²) in [5, 5.41) is 20.8. The quantitative estimate of drug-likeness (QED) is 0.412. The van der Waals surface area contributed by atoms with E-state index in [2.05, 4.69) is 0 Å². The molecule has 2 aromatic rings. The zero-order valence-electron chi connectivity index (χ0n) is 21.4. The van der Waals surface area contributed by atoms with Gasteiger partial charge in [-0.2, -0.15) is 0 Å². The minimum Gasteiger partial charge on any atom is -0.733 e. The maximum Gasteiger partial charge on any atom is 0.336 e. The maximum absolute atomic E-state index is 13.4. The van der Waals surface area contributed by atoms with Crippen LogP contribution >= 0.6 is 0 Å². The molecule has 0 aromatic heterocycles. The molecule has 0 saturated heterocycles. The fraction of sp³-hybridized carbons (Fsp3) is 0.333. The highest BCUT2D eigenvalue weighted by molar-refractivity contribution is 6.01. The molecular formula is C27H32N3O6-. The molecule has 0 fully saturated rings. The number of anilines is 3. The Labute approximate surface area is 211 Å². The van der Waals surface area contributed by atoms with Gasteiger partial charge in [0.1, 0.15) is 0 Å². The van der Waals surface area contributed by atoms with E-state index in [0.717, 1.165) is 11.4 Å². The molecule has 0 spiro atoms. The molecule has 1 N–H and O–H groups in total. The molecule has 0 amide bonds. The summed E-state index contributed by atoms with van der Waals surface area (Å²) >= 11 is 0. The van der Waals surface area contributed by atoms with Crippen LogP contribution in [0, 0.1) is 5.21 Å². The van der Waals surface area contributed by atoms with Crippen molar-refractivity contribution in [3.05, 3.63) is 81.8 Å². The number of allylic oxidation sites excluding steroid dienone is 2. The molecule has 0 unspecified atom stereocenters. The van der Waals surface area contributed by atoms with Gasteiger partial charge in [0.25, 0.3) is 0 Å². The van der Waals surface area contributed by atoms with Crippen LogP contribution in [0.1, 0.15) is 39.2 Å². The standard InChI is InChI=1S/C27H32N3O6/c1-7-35-26(31)23-17(3)29(21-14-12-20(13-15-21)28(5)6)18(4)24(27(32)36-8-2)25(23)19-10-9-11-22(16-19)30(33)34/h9-16,25,33H,7-8H2,1-6H3/q-1. The maximum atomic E-state index is 13.4. The van der Waals surface area contributed by atoms with E-state index >= 15 is 0 Å². The van der Waals surface area contributed by atoms with Gasteiger partial charge in [0, 0.05) is 36.9 Å². The molecule has 0 bridgehead atoms. The lowest BCUT2D eigenvalue weighted by Crippen LogP contribution is -2.35. The average molecular weight is 495 g/mol. The van der Waals surface area contributed by atoms with Crippen molar-refractivity contribution < 1.29 is 24.3 Å². The normalized spacial score (nSPS) is 14.2. The summed E-state index contributed by atoms with van der Waals surface area (Å²) in [5.74, 6) is -2.05. The number of esters is 2. The van der Waals surface area contributed by atoms with Gasteiger partial charge in [0.15, 0.2) is 0 Å². The third-order valence-corrected chi connectivity index (χ3v) is 6.07. The minimum absolute atomic E-state index is 0.0315. The number of hydrogen-bond acceptors (Lipinski definition) is 9. The third-order valence-electron chi connectivity index (χ3n) is 6.07. The summed E-state index contributed by atoms with van der Waals surface area (Å²) in [6.45, 7) is 7.28. The lowest BCUT2D eigenvalue weighted by Gasteiger charge is -2.38. The first kappa shape index (κ1) is 26.8. The molecule has 9 heteroatoms. The van der Waals surface area contributed by atoms with Crippen LogP contribution in [-0.2, 0) is 19.1 Å². The van der Waals surface area contributed by atoms with Crippen molar-refractivity contribution in [2.45, 2.75) is 33.6 Å². The molecule has 1 aliphatic heterocycles. The van der Waals surface area contributed by atoms with Gasteiger partial charge in [-0.1, -0.05) is 12.1 Å². The van der Waals surface area contributed by atoms with E-state index in [1.807, 2.05) is 48.2 Å². The van der Waals surface area contributed by atoms with Crippen LogP contribution in [0.5, 0.6) is 0 Å². The lowest BCUT2D eigenvalue weighted by molar-refractivity contribution is -0.139. The van der Waals surface area contributed by atoms with Crippen LogP contribution in [0.3, 0.4) is 0 Å². The van der Waals surface area contributed by atoms with Crippen LogP contribution < -0.4 is 15.0 Å². The van der Waals surface area contributed by atoms with E-state index in [1.165, 1.54) is 12.1 Å². The fourth-order valence-corrected chi connectivity index (χ4v) is 4.45. The first-order valence-electron chi connectivity index (χ1n) is 11.7. The zero-order valence-corrected chi connectivity index (χ0v) is 21.4. The second-order valence-electron chi connectivity index (χ2n) is 8.49. The smallest absolute Gasteiger partial charge is 0.336 e. The molecule has 0 saturated carbocycles. The van der Waals surface area contributed by atoms with Gasteiger partial charge in [0.05, 0.1) is 36.0 Å². The number of carbonyl (C=O) groups excluding carboxylic acids is 2. The number of benzene rings is 2. The summed E-state index contributed by atoms with van der Waals surface area (Å²) in [4.78, 5) is 30.5. The Morgan fingerprint density at radius 2 is 1.44 bits per heavy atom. The van der Waals surface area contributed by atoms with Crippen molar-refractivity contribution in [1.29, 1.82) is 0 Å². The molecule has 1 heterocycles. The van der Waals surface area contributed by atoms with Crippen LogP contribution in [-0.4, -0.2) is 44.5 Å². The Kier molecular flexibility index (Phi) is 8.39. The largest absolute Gasteiger partial charge is 0.733 e. The second-order valence-corrected chi connectivity index (χ2v) is 8.49. The molecule has 0 aliphatic carbocycles. The van der Waals surface area contributed by atoms with Gasteiger partial charge in [-0.05, 0) is 69.7 Å².